The fourth-order valence-corrected chi connectivity index (χ4v) is 3.07. The van der Waals surface area contributed by atoms with Gasteiger partial charge in [0.1, 0.15) is 0 Å². The number of likely N-dealkylation sites (tertiary alicyclic amines) is 1. The van der Waals surface area contributed by atoms with Crippen LogP contribution in [-0.2, 0) is 4.79 Å². The molecule has 1 atom stereocenters. The number of piperidine rings is 1. The molecule has 0 saturated carbocycles. The second kappa shape index (κ2) is 9.25. The zero-order chi connectivity index (χ0) is 16.1. The smallest absolute Gasteiger partial charge is 0.251 e. The molecule has 2 amide bonds. The molecule has 1 aromatic carbocycles. The third-order valence-corrected chi connectivity index (χ3v) is 4.62. The molecule has 128 valence electrons. The van der Waals surface area contributed by atoms with Crippen molar-refractivity contribution in [3.05, 3.63) is 34.3 Å². The number of carbonyl (C=O) groups is 2. The molecule has 23 heavy (non-hydrogen) atoms. The number of amides is 2. The third kappa shape index (κ3) is 5.79. The minimum absolute atomic E-state index is 0. The standard InChI is InChI=1S/C16H22BrN3O2.ClH/c1-11(18)12-5-7-20(8-6-12)15(21)10-19-16(22)13-3-2-4-14(17)9-13;/h2-4,9,11-12H,5-8,10,18H2,1H3,(H,19,22);1H. The van der Waals surface area contributed by atoms with E-state index >= 15 is 0 Å². The van der Waals surface area contributed by atoms with Gasteiger partial charge in [-0.1, -0.05) is 22.0 Å². The number of hydrogen-bond donors (Lipinski definition) is 2. The zero-order valence-electron chi connectivity index (χ0n) is 13.1. The first kappa shape index (κ1) is 19.9. The van der Waals surface area contributed by atoms with Crippen molar-refractivity contribution >= 4 is 40.2 Å². The Morgan fingerprint density at radius 1 is 1.39 bits per heavy atom. The highest BCUT2D eigenvalue weighted by atomic mass is 79.9. The van der Waals surface area contributed by atoms with E-state index in [-0.39, 0.29) is 36.8 Å². The van der Waals surface area contributed by atoms with Gasteiger partial charge in [-0.25, -0.2) is 0 Å². The second-order valence-corrected chi connectivity index (χ2v) is 6.69. The Labute approximate surface area is 151 Å². The number of hydrogen-bond acceptors (Lipinski definition) is 3. The molecular weight excluding hydrogens is 382 g/mol. The molecule has 1 unspecified atom stereocenters. The molecule has 0 spiro atoms. The maximum Gasteiger partial charge on any atom is 0.251 e. The quantitative estimate of drug-likeness (QED) is 0.807. The van der Waals surface area contributed by atoms with Gasteiger partial charge in [-0.15, -0.1) is 12.4 Å². The third-order valence-electron chi connectivity index (χ3n) is 4.12. The van der Waals surface area contributed by atoms with Crippen molar-refractivity contribution in [2.75, 3.05) is 19.6 Å². The highest BCUT2D eigenvalue weighted by molar-refractivity contribution is 9.10. The van der Waals surface area contributed by atoms with Gasteiger partial charge >= 0.3 is 0 Å². The Bertz CT molecular complexity index is 546. The van der Waals surface area contributed by atoms with Crippen molar-refractivity contribution in [1.82, 2.24) is 10.2 Å². The summed E-state index contributed by atoms with van der Waals surface area (Å²) >= 11 is 3.32. The molecule has 0 radical (unpaired) electrons. The summed E-state index contributed by atoms with van der Waals surface area (Å²) in [6.45, 7) is 3.49. The topological polar surface area (TPSA) is 75.4 Å². The lowest BCUT2D eigenvalue weighted by molar-refractivity contribution is -0.131. The van der Waals surface area contributed by atoms with Gasteiger partial charge in [-0.05, 0) is 43.9 Å². The van der Waals surface area contributed by atoms with Gasteiger partial charge in [0.2, 0.25) is 5.91 Å². The van der Waals surface area contributed by atoms with Gasteiger partial charge < -0.3 is 16.0 Å². The van der Waals surface area contributed by atoms with Crippen LogP contribution < -0.4 is 11.1 Å². The lowest BCUT2D eigenvalue weighted by Crippen LogP contribution is -2.46. The number of rotatable bonds is 4. The normalized spacial score (nSPS) is 16.4. The lowest BCUT2D eigenvalue weighted by atomic mass is 9.91. The Morgan fingerprint density at radius 2 is 2.04 bits per heavy atom. The molecule has 1 saturated heterocycles. The van der Waals surface area contributed by atoms with E-state index in [0.29, 0.717) is 11.5 Å². The molecule has 0 bridgehead atoms. The van der Waals surface area contributed by atoms with Crippen LogP contribution in [0.2, 0.25) is 0 Å². The van der Waals surface area contributed by atoms with Crippen LogP contribution in [0.1, 0.15) is 30.1 Å². The van der Waals surface area contributed by atoms with Crippen molar-refractivity contribution in [3.8, 4) is 0 Å². The summed E-state index contributed by atoms with van der Waals surface area (Å²) in [6, 6.07) is 7.27. The average molecular weight is 405 g/mol. The molecule has 0 aliphatic carbocycles. The van der Waals surface area contributed by atoms with Crippen LogP contribution in [0, 0.1) is 5.92 Å². The molecule has 1 aliphatic rings. The molecule has 2 rings (SSSR count). The summed E-state index contributed by atoms with van der Waals surface area (Å²) in [5.41, 5.74) is 6.44. The van der Waals surface area contributed by atoms with Gasteiger partial charge in [-0.2, -0.15) is 0 Å². The number of carbonyl (C=O) groups excluding carboxylic acids is 2. The van der Waals surface area contributed by atoms with Gasteiger partial charge in [0.05, 0.1) is 6.54 Å². The second-order valence-electron chi connectivity index (χ2n) is 5.77. The van der Waals surface area contributed by atoms with Gasteiger partial charge in [0.15, 0.2) is 0 Å². The van der Waals surface area contributed by atoms with Crippen LogP contribution >= 0.6 is 28.3 Å². The summed E-state index contributed by atoms with van der Waals surface area (Å²) in [4.78, 5) is 26.0. The van der Waals surface area contributed by atoms with Gasteiger partial charge in [0.25, 0.3) is 5.91 Å². The van der Waals surface area contributed by atoms with E-state index in [0.717, 1.165) is 30.4 Å². The van der Waals surface area contributed by atoms with Crippen LogP contribution in [0.3, 0.4) is 0 Å². The van der Waals surface area contributed by atoms with Crippen molar-refractivity contribution in [2.45, 2.75) is 25.8 Å². The summed E-state index contributed by atoms with van der Waals surface area (Å²) in [5, 5.41) is 2.68. The van der Waals surface area contributed by atoms with E-state index in [1.54, 1.807) is 23.1 Å². The predicted octanol–water partition coefficient (Wildman–Crippen LogP) is 2.19. The minimum Gasteiger partial charge on any atom is -0.343 e. The number of benzene rings is 1. The highest BCUT2D eigenvalue weighted by Gasteiger charge is 2.24. The number of halogens is 2. The largest absolute Gasteiger partial charge is 0.343 e. The molecular formula is C16H23BrClN3O2. The van der Waals surface area contributed by atoms with E-state index in [2.05, 4.69) is 21.2 Å². The maximum absolute atomic E-state index is 12.1. The van der Waals surface area contributed by atoms with E-state index in [9.17, 15) is 9.59 Å². The van der Waals surface area contributed by atoms with Crippen molar-refractivity contribution < 1.29 is 9.59 Å². The molecule has 1 fully saturated rings. The lowest BCUT2D eigenvalue weighted by Gasteiger charge is -2.33. The number of nitrogens with one attached hydrogen (secondary N) is 1. The van der Waals surface area contributed by atoms with Crippen LogP contribution in [0.5, 0.6) is 0 Å². The molecule has 1 heterocycles. The zero-order valence-corrected chi connectivity index (χ0v) is 15.5. The Hall–Kier alpha value is -1.11. The molecule has 7 heteroatoms. The van der Waals surface area contributed by atoms with E-state index in [4.69, 9.17) is 5.73 Å². The fraction of sp³-hybridized carbons (Fsp3) is 0.500. The number of nitrogens with two attached hydrogens (primary N) is 1. The first-order valence-corrected chi connectivity index (χ1v) is 8.34. The van der Waals surface area contributed by atoms with Crippen molar-refractivity contribution in [2.24, 2.45) is 11.7 Å². The first-order chi connectivity index (χ1) is 10.5. The van der Waals surface area contributed by atoms with Gasteiger partial charge in [0, 0.05) is 29.2 Å². The average Bonchev–Trinajstić information content (AvgIpc) is 2.52. The summed E-state index contributed by atoms with van der Waals surface area (Å²) in [5.74, 6) is 0.215. The minimum atomic E-state index is -0.236. The SMILES string of the molecule is CC(N)C1CCN(C(=O)CNC(=O)c2cccc(Br)c2)CC1.Cl. The summed E-state index contributed by atoms with van der Waals surface area (Å²) < 4.78 is 0.837. The Kier molecular flexibility index (Phi) is 8.02. The van der Waals surface area contributed by atoms with E-state index in [1.165, 1.54) is 0 Å². The van der Waals surface area contributed by atoms with E-state index in [1.807, 2.05) is 13.0 Å². The van der Waals surface area contributed by atoms with Crippen molar-refractivity contribution in [1.29, 1.82) is 0 Å². The maximum atomic E-state index is 12.1. The molecule has 1 aromatic rings. The summed E-state index contributed by atoms with van der Waals surface area (Å²) in [6.07, 6.45) is 1.87. The van der Waals surface area contributed by atoms with Gasteiger partial charge in [-0.3, -0.25) is 9.59 Å². The summed E-state index contributed by atoms with van der Waals surface area (Å²) in [7, 11) is 0. The van der Waals surface area contributed by atoms with E-state index < -0.39 is 0 Å². The Balaban J connectivity index is 0.00000264. The molecule has 5 nitrogen and oxygen atoms in total. The molecule has 1 aliphatic heterocycles. The van der Waals surface area contributed by atoms with Crippen LogP contribution in [0.25, 0.3) is 0 Å². The van der Waals surface area contributed by atoms with Crippen LogP contribution in [0.15, 0.2) is 28.7 Å². The highest BCUT2D eigenvalue weighted by Crippen LogP contribution is 2.19. The first-order valence-electron chi connectivity index (χ1n) is 7.54. The van der Waals surface area contributed by atoms with Crippen molar-refractivity contribution in [3.63, 3.8) is 0 Å². The van der Waals surface area contributed by atoms with Crippen LogP contribution in [0.4, 0.5) is 0 Å². The fourth-order valence-electron chi connectivity index (χ4n) is 2.67. The predicted molar refractivity (Wildman–Crippen MR) is 96.7 cm³/mol. The number of nitrogens with zero attached hydrogens (tertiary/aromatic N) is 1. The Morgan fingerprint density at radius 3 is 2.61 bits per heavy atom. The molecule has 3 N–H and O–H groups in total. The molecule has 0 aromatic heterocycles. The monoisotopic (exact) mass is 403 g/mol. The van der Waals surface area contributed by atoms with Crippen LogP contribution in [-0.4, -0.2) is 42.4 Å².